The Hall–Kier alpha value is -1.73. The molecule has 0 aliphatic carbocycles. The Morgan fingerprint density at radius 1 is 1.15 bits per heavy atom. The third kappa shape index (κ3) is 2.73. The van der Waals surface area contributed by atoms with Gasteiger partial charge >= 0.3 is 0 Å². The molecule has 0 spiro atoms. The molecular formula is C13H15NO4S2. The van der Waals surface area contributed by atoms with Crippen molar-refractivity contribution in [2.45, 2.75) is 6.54 Å². The van der Waals surface area contributed by atoms with Crippen molar-refractivity contribution in [1.29, 1.82) is 0 Å². The number of hydrogen-bond donors (Lipinski definition) is 1. The normalized spacial score (nSPS) is 10.3. The first-order valence-corrected chi connectivity index (χ1v) is 7.05. The number of thiazole rings is 1. The highest BCUT2D eigenvalue weighted by molar-refractivity contribution is 7.73. The largest absolute Gasteiger partial charge is 0.494 e. The lowest BCUT2D eigenvalue weighted by molar-refractivity contribution is 0.323. The standard InChI is InChI=1S/C13H15NO4S2/c1-16-9-4-8(5-10(17-2)12(9)18-3)6-14-11(15)7-20-13(14)19/h4-5,7,15H,6H2,1-3H3. The van der Waals surface area contributed by atoms with Crippen molar-refractivity contribution < 1.29 is 19.3 Å². The first-order valence-electron chi connectivity index (χ1n) is 5.77. The number of ether oxygens (including phenoxy) is 3. The van der Waals surface area contributed by atoms with Crippen molar-refractivity contribution >= 4 is 23.6 Å². The van der Waals surface area contributed by atoms with Gasteiger partial charge in [0.15, 0.2) is 15.5 Å². The van der Waals surface area contributed by atoms with Crippen molar-refractivity contribution in [3.05, 3.63) is 27.0 Å². The van der Waals surface area contributed by atoms with E-state index in [9.17, 15) is 5.11 Å². The van der Waals surface area contributed by atoms with Gasteiger partial charge in [-0.1, -0.05) is 0 Å². The molecule has 0 fully saturated rings. The van der Waals surface area contributed by atoms with Crippen LogP contribution >= 0.6 is 23.6 Å². The van der Waals surface area contributed by atoms with E-state index in [4.69, 9.17) is 26.4 Å². The van der Waals surface area contributed by atoms with Gasteiger partial charge in [-0.15, -0.1) is 11.3 Å². The zero-order valence-electron chi connectivity index (χ0n) is 11.4. The van der Waals surface area contributed by atoms with Crippen LogP contribution in [0.5, 0.6) is 23.1 Å². The molecule has 1 aromatic carbocycles. The lowest BCUT2D eigenvalue weighted by Crippen LogP contribution is -2.01. The fraction of sp³-hybridized carbons (Fsp3) is 0.308. The van der Waals surface area contributed by atoms with Gasteiger partial charge in [-0.25, -0.2) is 0 Å². The molecular weight excluding hydrogens is 298 g/mol. The summed E-state index contributed by atoms with van der Waals surface area (Å²) in [5.41, 5.74) is 0.893. The Labute approximate surface area is 126 Å². The predicted octanol–water partition coefficient (Wildman–Crippen LogP) is 3.06. The summed E-state index contributed by atoms with van der Waals surface area (Å²) in [5.74, 6) is 1.83. The second-order valence-corrected chi connectivity index (χ2v) is 5.48. The summed E-state index contributed by atoms with van der Waals surface area (Å²) in [4.78, 5) is 0. The van der Waals surface area contributed by atoms with E-state index in [0.717, 1.165) is 5.56 Å². The van der Waals surface area contributed by atoms with Gasteiger partial charge in [0.05, 0.1) is 33.3 Å². The summed E-state index contributed by atoms with van der Waals surface area (Å²) in [6, 6.07) is 3.67. The Kier molecular flexibility index (Phi) is 4.51. The van der Waals surface area contributed by atoms with Crippen LogP contribution in [0.15, 0.2) is 17.5 Å². The SMILES string of the molecule is COc1cc(Cn2c(O)csc2=S)cc(OC)c1OC. The Balaban J connectivity index is 2.45. The van der Waals surface area contributed by atoms with Crippen molar-refractivity contribution in [2.75, 3.05) is 21.3 Å². The average molecular weight is 313 g/mol. The number of hydrogen-bond acceptors (Lipinski definition) is 6. The summed E-state index contributed by atoms with van der Waals surface area (Å²) >= 11 is 6.50. The quantitative estimate of drug-likeness (QED) is 0.860. The number of benzene rings is 1. The van der Waals surface area contributed by atoms with E-state index in [1.807, 2.05) is 12.1 Å². The topological polar surface area (TPSA) is 52.9 Å². The third-order valence-electron chi connectivity index (χ3n) is 2.83. The molecule has 1 aromatic heterocycles. The third-order valence-corrected chi connectivity index (χ3v) is 4.09. The molecule has 0 aliphatic heterocycles. The van der Waals surface area contributed by atoms with E-state index >= 15 is 0 Å². The zero-order chi connectivity index (χ0) is 14.7. The molecule has 2 rings (SSSR count). The van der Waals surface area contributed by atoms with Crippen molar-refractivity contribution in [2.24, 2.45) is 0 Å². The lowest BCUT2D eigenvalue weighted by Gasteiger charge is -2.14. The van der Waals surface area contributed by atoms with Crippen LogP contribution in [0.1, 0.15) is 5.56 Å². The number of aromatic hydroxyl groups is 1. The Bertz CT molecular complexity index is 638. The van der Waals surface area contributed by atoms with E-state index in [0.29, 0.717) is 27.7 Å². The van der Waals surface area contributed by atoms with Gasteiger partial charge < -0.3 is 19.3 Å². The van der Waals surface area contributed by atoms with Gasteiger partial charge in [0, 0.05) is 0 Å². The highest BCUT2D eigenvalue weighted by Crippen LogP contribution is 2.38. The number of nitrogens with zero attached hydrogens (tertiary/aromatic N) is 1. The molecule has 0 saturated carbocycles. The van der Waals surface area contributed by atoms with Crippen LogP contribution in [0.25, 0.3) is 0 Å². The van der Waals surface area contributed by atoms with Crippen molar-refractivity contribution in [3.63, 3.8) is 0 Å². The van der Waals surface area contributed by atoms with Crippen LogP contribution in [0.3, 0.4) is 0 Å². The molecule has 0 atom stereocenters. The van der Waals surface area contributed by atoms with Crippen LogP contribution in [-0.2, 0) is 6.54 Å². The molecule has 0 aliphatic rings. The first kappa shape index (κ1) is 14.7. The molecule has 0 saturated heterocycles. The smallest absolute Gasteiger partial charge is 0.203 e. The second-order valence-electron chi connectivity index (χ2n) is 3.98. The number of aromatic nitrogens is 1. The van der Waals surface area contributed by atoms with Gasteiger partial charge in [-0.05, 0) is 29.9 Å². The molecule has 0 bridgehead atoms. The number of rotatable bonds is 5. The summed E-state index contributed by atoms with van der Waals surface area (Å²) < 4.78 is 18.1. The summed E-state index contributed by atoms with van der Waals surface area (Å²) in [6.07, 6.45) is 0. The minimum absolute atomic E-state index is 0.147. The van der Waals surface area contributed by atoms with E-state index < -0.39 is 0 Å². The molecule has 1 heterocycles. The monoisotopic (exact) mass is 313 g/mol. The molecule has 0 amide bonds. The predicted molar refractivity (Wildman–Crippen MR) is 80.0 cm³/mol. The van der Waals surface area contributed by atoms with E-state index in [-0.39, 0.29) is 5.88 Å². The van der Waals surface area contributed by atoms with Gasteiger partial charge in [0.1, 0.15) is 0 Å². The Morgan fingerprint density at radius 2 is 1.75 bits per heavy atom. The summed E-state index contributed by atoms with van der Waals surface area (Å²) in [5, 5.41) is 11.4. The fourth-order valence-corrected chi connectivity index (χ4v) is 2.80. The molecule has 5 nitrogen and oxygen atoms in total. The Morgan fingerprint density at radius 3 is 2.15 bits per heavy atom. The van der Waals surface area contributed by atoms with Crippen LogP contribution in [-0.4, -0.2) is 31.0 Å². The molecule has 2 aromatic rings. The molecule has 7 heteroatoms. The average Bonchev–Trinajstić information content (AvgIpc) is 2.77. The highest BCUT2D eigenvalue weighted by atomic mass is 32.1. The minimum atomic E-state index is 0.147. The van der Waals surface area contributed by atoms with Gasteiger partial charge in [0.25, 0.3) is 0 Å². The molecule has 108 valence electrons. The van der Waals surface area contributed by atoms with E-state index in [1.54, 1.807) is 31.3 Å². The maximum absolute atomic E-state index is 9.77. The fourth-order valence-electron chi connectivity index (χ4n) is 1.88. The van der Waals surface area contributed by atoms with E-state index in [1.165, 1.54) is 11.3 Å². The van der Waals surface area contributed by atoms with Gasteiger partial charge in [0.2, 0.25) is 11.6 Å². The van der Waals surface area contributed by atoms with Crippen LogP contribution in [0.4, 0.5) is 0 Å². The first-order chi connectivity index (χ1) is 9.60. The summed E-state index contributed by atoms with van der Waals surface area (Å²) in [6.45, 7) is 0.435. The minimum Gasteiger partial charge on any atom is -0.494 e. The van der Waals surface area contributed by atoms with Gasteiger partial charge in [-0.2, -0.15) is 0 Å². The van der Waals surface area contributed by atoms with Crippen molar-refractivity contribution in [1.82, 2.24) is 4.57 Å². The van der Waals surface area contributed by atoms with Crippen LogP contribution in [0.2, 0.25) is 0 Å². The van der Waals surface area contributed by atoms with E-state index in [2.05, 4.69) is 0 Å². The molecule has 0 radical (unpaired) electrons. The maximum Gasteiger partial charge on any atom is 0.203 e. The highest BCUT2D eigenvalue weighted by Gasteiger charge is 2.14. The molecule has 20 heavy (non-hydrogen) atoms. The molecule has 1 N–H and O–H groups in total. The van der Waals surface area contributed by atoms with Gasteiger partial charge in [-0.3, -0.25) is 4.57 Å². The zero-order valence-corrected chi connectivity index (χ0v) is 13.0. The number of methoxy groups -OCH3 is 3. The molecule has 0 unspecified atom stereocenters. The van der Waals surface area contributed by atoms with Crippen LogP contribution < -0.4 is 14.2 Å². The maximum atomic E-state index is 9.77. The lowest BCUT2D eigenvalue weighted by atomic mass is 10.1. The summed E-state index contributed by atoms with van der Waals surface area (Å²) in [7, 11) is 4.68. The van der Waals surface area contributed by atoms with Crippen LogP contribution in [0, 0.1) is 3.95 Å². The second kappa shape index (κ2) is 6.15. The van der Waals surface area contributed by atoms with Crippen molar-refractivity contribution in [3.8, 4) is 23.1 Å².